The van der Waals surface area contributed by atoms with Crippen LogP contribution in [0.25, 0.3) is 0 Å². The van der Waals surface area contributed by atoms with Crippen molar-refractivity contribution in [2.45, 2.75) is 32.1 Å². The summed E-state index contributed by atoms with van der Waals surface area (Å²) < 4.78 is 37.6. The molecule has 0 fully saturated rings. The molecule has 2 aromatic rings. The van der Waals surface area contributed by atoms with Gasteiger partial charge in [-0.1, -0.05) is 26.8 Å². The van der Waals surface area contributed by atoms with Gasteiger partial charge in [-0.15, -0.1) is 0 Å². The maximum atomic E-state index is 12.6. The van der Waals surface area contributed by atoms with Gasteiger partial charge in [0.2, 0.25) is 10.0 Å². The van der Waals surface area contributed by atoms with Crippen LogP contribution < -0.4 is 14.8 Å². The summed E-state index contributed by atoms with van der Waals surface area (Å²) >= 11 is 0. The lowest BCUT2D eigenvalue weighted by Gasteiger charge is -2.18. The van der Waals surface area contributed by atoms with E-state index in [0.717, 1.165) is 12.2 Å². The number of carbonyl (C=O) groups is 1. The molecule has 0 unspecified atom stereocenters. The van der Waals surface area contributed by atoms with Crippen molar-refractivity contribution in [2.24, 2.45) is 0 Å². The molecule has 29 heavy (non-hydrogen) atoms. The Hall–Kier alpha value is -2.58. The molecule has 0 aliphatic heterocycles. The predicted octanol–water partition coefficient (Wildman–Crippen LogP) is 3.52. The highest BCUT2D eigenvalue weighted by Gasteiger charge is 2.21. The number of nitrogens with one attached hydrogen (secondary N) is 1. The van der Waals surface area contributed by atoms with Crippen LogP contribution in [-0.2, 0) is 14.8 Å². The summed E-state index contributed by atoms with van der Waals surface area (Å²) in [5, 5.41) is 2.67. The Morgan fingerprint density at radius 1 is 0.966 bits per heavy atom. The van der Waals surface area contributed by atoms with Crippen LogP contribution in [0.2, 0.25) is 0 Å². The fraction of sp³-hybridized carbons (Fsp3) is 0.381. The lowest BCUT2D eigenvalue weighted by atomic mass is 10.3. The number of ether oxygens (including phenoxy) is 2. The van der Waals surface area contributed by atoms with Crippen molar-refractivity contribution in [3.8, 4) is 11.5 Å². The van der Waals surface area contributed by atoms with Crippen molar-refractivity contribution >= 4 is 21.6 Å². The van der Waals surface area contributed by atoms with Gasteiger partial charge in [0.15, 0.2) is 6.61 Å². The molecule has 0 aromatic heterocycles. The quantitative estimate of drug-likeness (QED) is 0.601. The van der Waals surface area contributed by atoms with Crippen molar-refractivity contribution < 1.29 is 22.7 Å². The minimum absolute atomic E-state index is 0.141. The molecule has 0 saturated carbocycles. The van der Waals surface area contributed by atoms with Crippen molar-refractivity contribution in [3.63, 3.8) is 0 Å². The zero-order chi connectivity index (χ0) is 21.3. The van der Waals surface area contributed by atoms with Gasteiger partial charge < -0.3 is 14.8 Å². The van der Waals surface area contributed by atoms with Crippen LogP contribution in [-0.4, -0.2) is 44.9 Å². The zero-order valence-electron chi connectivity index (χ0n) is 17.1. The molecule has 0 atom stereocenters. The lowest BCUT2D eigenvalue weighted by molar-refractivity contribution is -0.118. The van der Waals surface area contributed by atoms with Gasteiger partial charge in [-0.2, -0.15) is 4.31 Å². The summed E-state index contributed by atoms with van der Waals surface area (Å²) in [4.78, 5) is 12.3. The predicted molar refractivity (Wildman–Crippen MR) is 113 cm³/mol. The van der Waals surface area contributed by atoms with E-state index in [2.05, 4.69) is 5.32 Å². The number of amides is 1. The van der Waals surface area contributed by atoms with Crippen molar-refractivity contribution in [1.82, 2.24) is 4.31 Å². The summed E-state index contributed by atoms with van der Waals surface area (Å²) in [5.74, 6) is 0.908. The van der Waals surface area contributed by atoms with Crippen LogP contribution in [0.5, 0.6) is 11.5 Å². The van der Waals surface area contributed by atoms with Gasteiger partial charge in [-0.25, -0.2) is 8.42 Å². The molecular formula is C21H28N2O5S. The molecule has 2 rings (SSSR count). The minimum Gasteiger partial charge on any atom is -0.494 e. The van der Waals surface area contributed by atoms with Crippen LogP contribution in [0.4, 0.5) is 5.69 Å². The molecular weight excluding hydrogens is 392 g/mol. The Labute approximate surface area is 172 Å². The van der Waals surface area contributed by atoms with E-state index in [1.54, 1.807) is 50.2 Å². The molecule has 1 amide bonds. The third-order valence-corrected chi connectivity index (χ3v) is 6.17. The van der Waals surface area contributed by atoms with Gasteiger partial charge in [0.1, 0.15) is 11.5 Å². The Bertz CT molecular complexity index is 894. The highest BCUT2D eigenvalue weighted by Crippen LogP contribution is 2.20. The van der Waals surface area contributed by atoms with Gasteiger partial charge >= 0.3 is 0 Å². The fourth-order valence-corrected chi connectivity index (χ4v) is 4.15. The topological polar surface area (TPSA) is 84.9 Å². The molecule has 0 spiro atoms. The van der Waals surface area contributed by atoms with Crippen molar-refractivity contribution in [3.05, 3.63) is 48.5 Å². The number of sulfonamides is 1. The third kappa shape index (κ3) is 6.47. The minimum atomic E-state index is -3.59. The summed E-state index contributed by atoms with van der Waals surface area (Å²) in [6.45, 7) is 6.81. The molecule has 0 aliphatic carbocycles. The number of nitrogens with zero attached hydrogens (tertiary/aromatic N) is 1. The molecule has 2 aromatic carbocycles. The maximum Gasteiger partial charge on any atom is 0.262 e. The summed E-state index contributed by atoms with van der Waals surface area (Å²) in [7, 11) is -3.59. The molecule has 1 N–H and O–H groups in total. The highest BCUT2D eigenvalue weighted by atomic mass is 32.2. The second-order valence-electron chi connectivity index (χ2n) is 6.27. The Morgan fingerprint density at radius 3 is 2.17 bits per heavy atom. The number of hydrogen-bond acceptors (Lipinski definition) is 5. The molecule has 7 nitrogen and oxygen atoms in total. The number of hydrogen-bond donors (Lipinski definition) is 1. The molecule has 8 heteroatoms. The molecule has 158 valence electrons. The Morgan fingerprint density at radius 2 is 1.59 bits per heavy atom. The van der Waals surface area contributed by atoms with Crippen LogP contribution in [0.3, 0.4) is 0 Å². The van der Waals surface area contributed by atoms with E-state index < -0.39 is 10.0 Å². The van der Waals surface area contributed by atoms with Gasteiger partial charge in [0, 0.05) is 18.8 Å². The molecule has 0 bridgehead atoms. The van der Waals surface area contributed by atoms with Crippen LogP contribution in [0.15, 0.2) is 53.4 Å². The number of carbonyl (C=O) groups excluding carboxylic acids is 1. The standard InChI is InChI=1S/C21H28N2O5S/c1-4-14-27-18-10-12-19(13-11-18)28-16-21(24)22-17-8-7-9-20(15-17)29(25,26)23(5-2)6-3/h7-13,15H,4-6,14,16H2,1-3H3,(H,22,24). The summed E-state index contributed by atoms with van der Waals surface area (Å²) in [6, 6.07) is 13.2. The SMILES string of the molecule is CCCOc1ccc(OCC(=O)Nc2cccc(S(=O)(=O)N(CC)CC)c2)cc1. The van der Waals surface area contributed by atoms with E-state index >= 15 is 0 Å². The number of anilines is 1. The van der Waals surface area contributed by atoms with Gasteiger partial charge in [0.25, 0.3) is 5.91 Å². The van der Waals surface area contributed by atoms with Crippen molar-refractivity contribution in [1.29, 1.82) is 0 Å². The molecule has 0 radical (unpaired) electrons. The monoisotopic (exact) mass is 420 g/mol. The summed E-state index contributed by atoms with van der Waals surface area (Å²) in [5.41, 5.74) is 0.398. The second-order valence-corrected chi connectivity index (χ2v) is 8.21. The van der Waals surface area contributed by atoms with E-state index in [4.69, 9.17) is 9.47 Å². The number of benzene rings is 2. The van der Waals surface area contributed by atoms with E-state index in [0.29, 0.717) is 31.1 Å². The van der Waals surface area contributed by atoms with Crippen molar-refractivity contribution in [2.75, 3.05) is 31.6 Å². The molecule has 0 heterocycles. The first kappa shape index (κ1) is 22.7. The maximum absolute atomic E-state index is 12.6. The van der Waals surface area contributed by atoms with Gasteiger partial charge in [-0.3, -0.25) is 4.79 Å². The van der Waals surface area contributed by atoms with E-state index in [1.807, 2.05) is 6.92 Å². The number of rotatable bonds is 11. The van der Waals surface area contributed by atoms with E-state index in [9.17, 15) is 13.2 Å². The summed E-state index contributed by atoms with van der Waals surface area (Å²) in [6.07, 6.45) is 0.926. The Kier molecular flexibility index (Phi) is 8.48. The highest BCUT2D eigenvalue weighted by molar-refractivity contribution is 7.89. The largest absolute Gasteiger partial charge is 0.494 e. The average Bonchev–Trinajstić information content (AvgIpc) is 2.72. The average molecular weight is 421 g/mol. The zero-order valence-corrected chi connectivity index (χ0v) is 17.9. The van der Waals surface area contributed by atoms with E-state index in [-0.39, 0.29) is 17.4 Å². The first-order valence-corrected chi connectivity index (χ1v) is 11.1. The Balaban J connectivity index is 1.96. The smallest absolute Gasteiger partial charge is 0.262 e. The van der Waals surface area contributed by atoms with Crippen LogP contribution in [0.1, 0.15) is 27.2 Å². The second kappa shape index (κ2) is 10.8. The third-order valence-electron chi connectivity index (χ3n) is 4.13. The molecule has 0 saturated heterocycles. The molecule has 0 aliphatic rings. The lowest BCUT2D eigenvalue weighted by Crippen LogP contribution is -2.30. The first-order valence-electron chi connectivity index (χ1n) is 9.66. The van der Waals surface area contributed by atoms with E-state index in [1.165, 1.54) is 16.4 Å². The normalized spacial score (nSPS) is 11.3. The van der Waals surface area contributed by atoms with Gasteiger partial charge in [0.05, 0.1) is 11.5 Å². The first-order chi connectivity index (χ1) is 13.9. The van der Waals surface area contributed by atoms with Crippen LogP contribution in [0, 0.1) is 0 Å². The van der Waals surface area contributed by atoms with Crippen LogP contribution >= 0.6 is 0 Å². The van der Waals surface area contributed by atoms with Gasteiger partial charge in [-0.05, 0) is 48.9 Å². The fourth-order valence-electron chi connectivity index (χ4n) is 2.64.